The summed E-state index contributed by atoms with van der Waals surface area (Å²) in [5.41, 5.74) is 1.06. The van der Waals surface area contributed by atoms with Crippen molar-refractivity contribution in [2.75, 3.05) is 6.54 Å². The molecule has 2 atom stereocenters. The number of aromatic nitrogens is 2. The minimum absolute atomic E-state index is 0.00776. The zero-order valence-corrected chi connectivity index (χ0v) is 14.3. The van der Waals surface area contributed by atoms with Crippen molar-refractivity contribution in [1.82, 2.24) is 15.1 Å². The number of nitrogens with one attached hydrogen (secondary N) is 1. The first kappa shape index (κ1) is 15.7. The molecule has 24 heavy (non-hydrogen) atoms. The summed E-state index contributed by atoms with van der Waals surface area (Å²) in [4.78, 5) is 0. The number of benzene rings is 1. The van der Waals surface area contributed by atoms with Crippen LogP contribution in [0.3, 0.4) is 0 Å². The van der Waals surface area contributed by atoms with Crippen LogP contribution >= 0.6 is 0 Å². The molecular formula is C19H25N3O2. The van der Waals surface area contributed by atoms with E-state index < -0.39 is 5.60 Å². The second-order valence-electron chi connectivity index (χ2n) is 7.49. The third-order valence-electron chi connectivity index (χ3n) is 5.48. The first-order valence-electron chi connectivity index (χ1n) is 8.70. The number of para-hydroxylation sites is 1. The molecule has 1 aliphatic heterocycles. The summed E-state index contributed by atoms with van der Waals surface area (Å²) >= 11 is 0. The van der Waals surface area contributed by atoms with Crippen molar-refractivity contribution in [3.05, 3.63) is 47.8 Å². The van der Waals surface area contributed by atoms with Gasteiger partial charge in [0.25, 0.3) is 0 Å². The van der Waals surface area contributed by atoms with E-state index >= 15 is 0 Å². The summed E-state index contributed by atoms with van der Waals surface area (Å²) in [6.45, 7) is 2.31. The van der Waals surface area contributed by atoms with Crippen LogP contribution in [0.2, 0.25) is 0 Å². The Morgan fingerprint density at radius 3 is 2.88 bits per heavy atom. The molecule has 128 valence electrons. The van der Waals surface area contributed by atoms with E-state index in [1.165, 1.54) is 12.0 Å². The van der Waals surface area contributed by atoms with Gasteiger partial charge < -0.3 is 15.2 Å². The molecule has 2 unspecified atom stereocenters. The molecule has 0 radical (unpaired) electrons. The number of hydrogen-bond donors (Lipinski definition) is 2. The van der Waals surface area contributed by atoms with Crippen LogP contribution in [0.15, 0.2) is 36.7 Å². The van der Waals surface area contributed by atoms with Crippen LogP contribution < -0.4 is 10.1 Å². The van der Waals surface area contributed by atoms with Gasteiger partial charge in [-0.25, -0.2) is 0 Å². The molecule has 2 heterocycles. The minimum Gasteiger partial charge on any atom is -0.487 e. The lowest BCUT2D eigenvalue weighted by atomic mass is 9.73. The smallest absolute Gasteiger partial charge is 0.124 e. The Kier molecular flexibility index (Phi) is 3.66. The average molecular weight is 327 g/mol. The van der Waals surface area contributed by atoms with Gasteiger partial charge in [-0.3, -0.25) is 4.68 Å². The predicted octanol–water partition coefficient (Wildman–Crippen LogP) is 2.66. The molecule has 1 fully saturated rings. The summed E-state index contributed by atoms with van der Waals surface area (Å²) in [6.07, 6.45) is 8.05. The zero-order chi connectivity index (χ0) is 16.8. The molecule has 5 heteroatoms. The molecule has 0 bridgehead atoms. The lowest BCUT2D eigenvalue weighted by Crippen LogP contribution is -2.50. The molecule has 5 nitrogen and oxygen atoms in total. The number of nitrogens with zero attached hydrogens (tertiary/aromatic N) is 2. The lowest BCUT2D eigenvalue weighted by Gasteiger charge is -2.48. The standard InChI is InChI=1S/C19H25N3O2/c1-18(23,14-11-21-22(2)12-14)13-20-16-10-19(8-5-9-19)24-17-7-4-3-6-15(16)17/h3-4,6-7,11-12,16,20,23H,5,8-10,13H2,1-2H3. The Bertz CT molecular complexity index is 734. The van der Waals surface area contributed by atoms with E-state index in [1.807, 2.05) is 26.2 Å². The summed E-state index contributed by atoms with van der Waals surface area (Å²) < 4.78 is 8.01. The second-order valence-corrected chi connectivity index (χ2v) is 7.49. The van der Waals surface area contributed by atoms with Gasteiger partial charge >= 0.3 is 0 Å². The van der Waals surface area contributed by atoms with Gasteiger partial charge in [0.1, 0.15) is 17.0 Å². The fraction of sp³-hybridized carbons (Fsp3) is 0.526. The normalized spacial score (nSPS) is 23.9. The Balaban J connectivity index is 1.53. The molecule has 2 aromatic rings. The lowest BCUT2D eigenvalue weighted by molar-refractivity contribution is -0.0402. The van der Waals surface area contributed by atoms with Gasteiger partial charge in [-0.1, -0.05) is 18.2 Å². The second kappa shape index (κ2) is 5.60. The summed E-state index contributed by atoms with van der Waals surface area (Å²) in [5, 5.41) is 18.6. The number of aryl methyl sites for hydroxylation is 1. The molecule has 0 saturated heterocycles. The number of hydrogen-bond acceptors (Lipinski definition) is 4. The maximum absolute atomic E-state index is 10.8. The summed E-state index contributed by atoms with van der Waals surface area (Å²) in [7, 11) is 1.86. The third-order valence-corrected chi connectivity index (χ3v) is 5.48. The highest BCUT2D eigenvalue weighted by Crippen LogP contribution is 2.48. The fourth-order valence-electron chi connectivity index (χ4n) is 3.80. The zero-order valence-electron chi connectivity index (χ0n) is 14.3. The van der Waals surface area contributed by atoms with Crippen LogP contribution in [-0.4, -0.2) is 27.0 Å². The highest BCUT2D eigenvalue weighted by atomic mass is 16.5. The number of fused-ring (bicyclic) bond motifs is 1. The largest absolute Gasteiger partial charge is 0.487 e. The van der Waals surface area contributed by atoms with Crippen LogP contribution in [0.4, 0.5) is 0 Å². The van der Waals surface area contributed by atoms with Gasteiger partial charge in [-0.05, 0) is 32.3 Å². The van der Waals surface area contributed by atoms with E-state index in [9.17, 15) is 5.11 Å². The van der Waals surface area contributed by atoms with Crippen LogP contribution in [0, 0.1) is 0 Å². The Morgan fingerprint density at radius 2 is 2.21 bits per heavy atom. The number of rotatable bonds is 4. The molecule has 1 spiro atoms. The SMILES string of the molecule is Cn1cc(C(C)(O)CNC2CC3(CCC3)Oc3ccccc32)cn1. The summed E-state index contributed by atoms with van der Waals surface area (Å²) in [5.74, 6) is 0.988. The van der Waals surface area contributed by atoms with Crippen LogP contribution in [-0.2, 0) is 12.6 Å². The fourth-order valence-corrected chi connectivity index (χ4v) is 3.80. The van der Waals surface area contributed by atoms with Crippen molar-refractivity contribution in [2.45, 2.75) is 49.9 Å². The molecular weight excluding hydrogens is 302 g/mol. The highest BCUT2D eigenvalue weighted by molar-refractivity contribution is 5.39. The van der Waals surface area contributed by atoms with Crippen molar-refractivity contribution in [1.29, 1.82) is 0 Å². The van der Waals surface area contributed by atoms with Crippen molar-refractivity contribution < 1.29 is 9.84 Å². The van der Waals surface area contributed by atoms with Crippen molar-refractivity contribution in [3.8, 4) is 5.75 Å². The topological polar surface area (TPSA) is 59.3 Å². The van der Waals surface area contributed by atoms with E-state index in [0.717, 1.165) is 30.6 Å². The average Bonchev–Trinajstić information content (AvgIpc) is 2.98. The van der Waals surface area contributed by atoms with Crippen molar-refractivity contribution in [2.24, 2.45) is 7.05 Å². The van der Waals surface area contributed by atoms with E-state index in [0.29, 0.717) is 6.54 Å². The van der Waals surface area contributed by atoms with Gasteiger partial charge in [0.05, 0.1) is 6.20 Å². The predicted molar refractivity (Wildman–Crippen MR) is 91.8 cm³/mol. The summed E-state index contributed by atoms with van der Waals surface area (Å²) in [6, 6.07) is 8.46. The number of ether oxygens (including phenoxy) is 1. The van der Waals surface area contributed by atoms with Crippen LogP contribution in [0.5, 0.6) is 5.75 Å². The van der Waals surface area contributed by atoms with Crippen LogP contribution in [0.1, 0.15) is 49.8 Å². The van der Waals surface area contributed by atoms with E-state index in [-0.39, 0.29) is 11.6 Å². The molecule has 1 aromatic heterocycles. The quantitative estimate of drug-likeness (QED) is 0.906. The van der Waals surface area contributed by atoms with Crippen molar-refractivity contribution in [3.63, 3.8) is 0 Å². The molecule has 0 amide bonds. The highest BCUT2D eigenvalue weighted by Gasteiger charge is 2.45. The van der Waals surface area contributed by atoms with Crippen LogP contribution in [0.25, 0.3) is 0 Å². The van der Waals surface area contributed by atoms with Gasteiger partial charge in [-0.15, -0.1) is 0 Å². The third kappa shape index (κ3) is 2.72. The van der Waals surface area contributed by atoms with Gasteiger partial charge in [0.15, 0.2) is 0 Å². The van der Waals surface area contributed by atoms with E-state index in [4.69, 9.17) is 4.74 Å². The first-order chi connectivity index (χ1) is 11.5. The first-order valence-corrected chi connectivity index (χ1v) is 8.70. The number of aliphatic hydroxyl groups is 1. The Labute approximate surface area is 142 Å². The molecule has 1 aliphatic carbocycles. The van der Waals surface area contributed by atoms with Gasteiger partial charge in [-0.2, -0.15) is 5.10 Å². The monoisotopic (exact) mass is 327 g/mol. The van der Waals surface area contributed by atoms with Gasteiger partial charge in [0.2, 0.25) is 0 Å². The molecule has 2 aliphatic rings. The Morgan fingerprint density at radius 1 is 1.42 bits per heavy atom. The molecule has 1 saturated carbocycles. The van der Waals surface area contributed by atoms with Crippen molar-refractivity contribution >= 4 is 0 Å². The molecule has 2 N–H and O–H groups in total. The van der Waals surface area contributed by atoms with E-state index in [2.05, 4.69) is 28.6 Å². The van der Waals surface area contributed by atoms with Gasteiger partial charge in [0, 0.05) is 43.4 Å². The molecule has 4 rings (SSSR count). The van der Waals surface area contributed by atoms with E-state index in [1.54, 1.807) is 10.9 Å². The maximum Gasteiger partial charge on any atom is 0.124 e. The maximum atomic E-state index is 10.8. The molecule has 1 aromatic carbocycles. The minimum atomic E-state index is -0.950. The Hall–Kier alpha value is -1.85.